The minimum Gasteiger partial charge on any atom is -0.494 e. The Morgan fingerprint density at radius 2 is 1.45 bits per heavy atom. The van der Waals surface area contributed by atoms with E-state index in [4.69, 9.17) is 14.2 Å². The minimum absolute atomic E-state index is 0.160. The Labute approximate surface area is 187 Å². The smallest absolute Gasteiger partial charge is 0.343 e. The topological polar surface area (TPSA) is 44.8 Å². The van der Waals surface area contributed by atoms with Gasteiger partial charge >= 0.3 is 5.97 Å². The largest absolute Gasteiger partial charge is 0.494 e. The van der Waals surface area contributed by atoms with Crippen LogP contribution in [0.5, 0.6) is 17.2 Å². The van der Waals surface area contributed by atoms with Gasteiger partial charge in [0.05, 0.1) is 18.3 Å². The molecule has 0 aromatic heterocycles. The lowest BCUT2D eigenvalue weighted by atomic mass is 10.0. The molecule has 0 radical (unpaired) electrons. The van der Waals surface area contributed by atoms with Crippen LogP contribution in [0.2, 0.25) is 0 Å². The molecule has 0 aliphatic carbocycles. The third-order valence-corrected chi connectivity index (χ3v) is 5.46. The molecule has 0 heterocycles. The predicted octanol–water partition coefficient (Wildman–Crippen LogP) is 7.46. The first kappa shape index (κ1) is 24.8. The van der Waals surface area contributed by atoms with Gasteiger partial charge in [-0.2, -0.15) is 0 Å². The van der Waals surface area contributed by atoms with Crippen molar-refractivity contribution in [1.82, 2.24) is 0 Å². The van der Waals surface area contributed by atoms with Crippen molar-refractivity contribution < 1.29 is 19.0 Å². The van der Waals surface area contributed by atoms with Crippen LogP contribution in [0.4, 0.5) is 0 Å². The summed E-state index contributed by atoms with van der Waals surface area (Å²) in [7, 11) is 0. The molecule has 4 nitrogen and oxygen atoms in total. The van der Waals surface area contributed by atoms with E-state index in [1.165, 1.54) is 25.7 Å². The second-order valence-electron chi connectivity index (χ2n) is 8.31. The maximum absolute atomic E-state index is 12.4. The number of ether oxygens (including phenoxy) is 3. The average Bonchev–Trinajstić information content (AvgIpc) is 2.77. The van der Waals surface area contributed by atoms with Crippen LogP contribution in [0.3, 0.4) is 0 Å². The number of benzene rings is 2. The van der Waals surface area contributed by atoms with Gasteiger partial charge in [0, 0.05) is 0 Å². The van der Waals surface area contributed by atoms with Gasteiger partial charge in [0.25, 0.3) is 0 Å². The number of rotatable bonds is 14. The van der Waals surface area contributed by atoms with Crippen LogP contribution < -0.4 is 14.2 Å². The maximum Gasteiger partial charge on any atom is 0.343 e. The quantitative estimate of drug-likeness (QED) is 0.179. The Hall–Kier alpha value is -2.49. The summed E-state index contributed by atoms with van der Waals surface area (Å²) in [6, 6.07) is 14.3. The number of unbranched alkanes of at least 4 members (excludes halogenated alkanes) is 2. The fraction of sp³-hybridized carbons (Fsp3) is 0.519. The number of hydrogen-bond donors (Lipinski definition) is 0. The molecule has 0 aliphatic rings. The van der Waals surface area contributed by atoms with Gasteiger partial charge in [0.15, 0.2) is 0 Å². The van der Waals surface area contributed by atoms with E-state index >= 15 is 0 Å². The first-order chi connectivity index (χ1) is 15.0. The van der Waals surface area contributed by atoms with E-state index in [9.17, 15) is 4.79 Å². The molecule has 0 amide bonds. The summed E-state index contributed by atoms with van der Waals surface area (Å²) in [4.78, 5) is 12.4. The molecule has 0 saturated heterocycles. The molecule has 2 aromatic carbocycles. The molecule has 0 saturated carbocycles. The summed E-state index contributed by atoms with van der Waals surface area (Å²) in [6.07, 6.45) is 8.31. The first-order valence-corrected chi connectivity index (χ1v) is 11.7. The van der Waals surface area contributed by atoms with E-state index in [0.717, 1.165) is 36.7 Å². The first-order valence-electron chi connectivity index (χ1n) is 11.7. The zero-order chi connectivity index (χ0) is 22.5. The molecule has 2 atom stereocenters. The van der Waals surface area contributed by atoms with Crippen molar-refractivity contribution in [2.24, 2.45) is 5.92 Å². The molecule has 0 unspecified atom stereocenters. The van der Waals surface area contributed by atoms with E-state index in [0.29, 0.717) is 17.9 Å². The molecule has 31 heavy (non-hydrogen) atoms. The number of esters is 1. The van der Waals surface area contributed by atoms with Crippen LogP contribution in [0.15, 0.2) is 48.5 Å². The minimum atomic E-state index is -0.386. The summed E-state index contributed by atoms with van der Waals surface area (Å²) in [6.45, 7) is 9.45. The van der Waals surface area contributed by atoms with E-state index in [1.54, 1.807) is 24.3 Å². The van der Waals surface area contributed by atoms with Gasteiger partial charge in [-0.1, -0.05) is 52.9 Å². The summed E-state index contributed by atoms with van der Waals surface area (Å²) in [5.41, 5.74) is 0.494. The fourth-order valence-electron chi connectivity index (χ4n) is 3.30. The Kier molecular flexibility index (Phi) is 11.0. The second kappa shape index (κ2) is 13.7. The fourth-order valence-corrected chi connectivity index (χ4v) is 3.30. The van der Waals surface area contributed by atoms with Crippen LogP contribution in [-0.4, -0.2) is 18.7 Å². The SMILES string of the molecule is CCC[C@@H](C)Oc1ccc(C(=O)Oc2ccc(OCCCCC[C@@H](C)CC)cc2)cc1. The van der Waals surface area contributed by atoms with Crippen molar-refractivity contribution in [2.45, 2.75) is 78.7 Å². The van der Waals surface area contributed by atoms with Crippen LogP contribution in [0.1, 0.15) is 83.0 Å². The summed E-state index contributed by atoms with van der Waals surface area (Å²) < 4.78 is 17.1. The highest BCUT2D eigenvalue weighted by Gasteiger charge is 2.10. The monoisotopic (exact) mass is 426 g/mol. The van der Waals surface area contributed by atoms with Gasteiger partial charge in [-0.3, -0.25) is 0 Å². The van der Waals surface area contributed by atoms with Gasteiger partial charge in [0.1, 0.15) is 17.2 Å². The highest BCUT2D eigenvalue weighted by atomic mass is 16.5. The van der Waals surface area contributed by atoms with Crippen LogP contribution >= 0.6 is 0 Å². The van der Waals surface area contributed by atoms with Crippen molar-refractivity contribution in [2.75, 3.05) is 6.61 Å². The molecule has 0 spiro atoms. The predicted molar refractivity (Wildman–Crippen MR) is 126 cm³/mol. The van der Waals surface area contributed by atoms with Gasteiger partial charge in [-0.25, -0.2) is 4.79 Å². The lowest BCUT2D eigenvalue weighted by Crippen LogP contribution is -2.11. The molecule has 2 rings (SSSR count). The van der Waals surface area contributed by atoms with Crippen LogP contribution in [0, 0.1) is 5.92 Å². The summed E-state index contributed by atoms with van der Waals surface area (Å²) in [5, 5.41) is 0. The molecular weight excluding hydrogens is 388 g/mol. The molecule has 0 N–H and O–H groups in total. The normalized spacial score (nSPS) is 12.8. The van der Waals surface area contributed by atoms with Gasteiger partial charge in [-0.05, 0) is 74.2 Å². The molecular formula is C27H38O4. The van der Waals surface area contributed by atoms with Crippen LogP contribution in [-0.2, 0) is 0 Å². The zero-order valence-electron chi connectivity index (χ0n) is 19.6. The Morgan fingerprint density at radius 1 is 0.806 bits per heavy atom. The molecule has 0 bridgehead atoms. The van der Waals surface area contributed by atoms with Gasteiger partial charge < -0.3 is 14.2 Å². The Balaban J connectivity index is 1.73. The molecule has 0 fully saturated rings. The highest BCUT2D eigenvalue weighted by Crippen LogP contribution is 2.21. The van der Waals surface area contributed by atoms with Gasteiger partial charge in [-0.15, -0.1) is 0 Å². The Morgan fingerprint density at radius 3 is 2.10 bits per heavy atom. The number of hydrogen-bond acceptors (Lipinski definition) is 4. The maximum atomic E-state index is 12.4. The lowest BCUT2D eigenvalue weighted by Gasteiger charge is -2.13. The van der Waals surface area contributed by atoms with Crippen molar-refractivity contribution in [3.05, 3.63) is 54.1 Å². The number of carbonyl (C=O) groups excluding carboxylic acids is 1. The molecule has 4 heteroatoms. The van der Waals surface area contributed by atoms with E-state index in [2.05, 4.69) is 20.8 Å². The van der Waals surface area contributed by atoms with E-state index in [1.807, 2.05) is 31.2 Å². The lowest BCUT2D eigenvalue weighted by molar-refractivity contribution is 0.0734. The molecule has 170 valence electrons. The average molecular weight is 427 g/mol. The summed E-state index contributed by atoms with van der Waals surface area (Å²) >= 11 is 0. The van der Waals surface area contributed by atoms with E-state index in [-0.39, 0.29) is 12.1 Å². The second-order valence-corrected chi connectivity index (χ2v) is 8.31. The summed E-state index contributed by atoms with van der Waals surface area (Å²) in [5.74, 6) is 2.49. The van der Waals surface area contributed by atoms with Gasteiger partial charge in [0.2, 0.25) is 0 Å². The van der Waals surface area contributed by atoms with Crippen molar-refractivity contribution >= 4 is 5.97 Å². The third-order valence-electron chi connectivity index (χ3n) is 5.46. The standard InChI is InChI=1S/C27H38O4/c1-5-10-22(4)30-25-14-12-23(13-15-25)27(28)31-26-18-16-24(17-19-26)29-20-9-7-8-11-21(3)6-2/h12-19,21-22H,5-11,20H2,1-4H3/t21-,22+/m0/s1. The zero-order valence-corrected chi connectivity index (χ0v) is 19.6. The Bertz CT molecular complexity index is 752. The van der Waals surface area contributed by atoms with Crippen molar-refractivity contribution in [3.8, 4) is 17.2 Å². The van der Waals surface area contributed by atoms with Crippen LogP contribution in [0.25, 0.3) is 0 Å². The molecule has 2 aromatic rings. The molecule has 0 aliphatic heterocycles. The third kappa shape index (κ3) is 9.46. The number of carbonyl (C=O) groups is 1. The van der Waals surface area contributed by atoms with E-state index < -0.39 is 0 Å². The van der Waals surface area contributed by atoms with Crippen molar-refractivity contribution in [1.29, 1.82) is 0 Å². The highest BCUT2D eigenvalue weighted by molar-refractivity contribution is 5.91. The van der Waals surface area contributed by atoms with Crippen molar-refractivity contribution in [3.63, 3.8) is 0 Å².